The number of rotatable bonds is 14. The Morgan fingerprint density at radius 2 is 1.15 bits per heavy atom. The van der Waals surface area contributed by atoms with Crippen LogP contribution in [0.5, 0.6) is 0 Å². The zero-order chi connectivity index (χ0) is 20.6. The third-order valence-electron chi connectivity index (χ3n) is 4.06. The van der Waals surface area contributed by atoms with Gasteiger partial charge in [0.2, 0.25) is 0 Å². The van der Waals surface area contributed by atoms with Crippen molar-refractivity contribution in [2.45, 2.75) is 23.3 Å². The van der Waals surface area contributed by atoms with Crippen LogP contribution in [0.1, 0.15) is 12.8 Å². The summed E-state index contributed by atoms with van der Waals surface area (Å²) in [5.74, 6) is 0.440. The van der Waals surface area contributed by atoms with Crippen LogP contribution >= 0.6 is 109 Å². The van der Waals surface area contributed by atoms with Crippen LogP contribution in [0.15, 0.2) is 0 Å². The van der Waals surface area contributed by atoms with E-state index in [-0.39, 0.29) is 48.1 Å². The van der Waals surface area contributed by atoms with E-state index in [9.17, 15) is 14.4 Å². The van der Waals surface area contributed by atoms with E-state index in [2.05, 4.69) is 31.9 Å². The Morgan fingerprint density at radius 1 is 0.846 bits per heavy atom. The fourth-order valence-corrected chi connectivity index (χ4v) is 6.71. The molecule has 0 aromatic heterocycles. The molecular formula is C13H21Br2Cl6O4P. The Hall–Kier alpha value is 2.81. The largest absolute Gasteiger partial charge is 0.470 e. The zero-order valence-electron chi connectivity index (χ0n) is 13.6. The fourth-order valence-electron chi connectivity index (χ4n) is 2.55. The molecule has 0 radical (unpaired) electrons. The van der Waals surface area contributed by atoms with Crippen LogP contribution in [-0.4, -0.2) is 60.8 Å². The van der Waals surface area contributed by atoms with Crippen molar-refractivity contribution in [2.75, 3.05) is 40.6 Å². The molecule has 0 aliphatic carbocycles. The second-order valence-corrected chi connectivity index (χ2v) is 10.9. The van der Waals surface area contributed by atoms with Gasteiger partial charge in [0.25, 0.3) is 0 Å². The molecule has 4 nitrogen and oxygen atoms in total. The van der Waals surface area contributed by atoms with E-state index in [4.69, 9.17) is 74.1 Å². The minimum absolute atomic E-state index is 0.0650. The summed E-state index contributed by atoms with van der Waals surface area (Å²) >= 11 is 43.4. The van der Waals surface area contributed by atoms with Gasteiger partial charge in [-0.2, -0.15) is 0 Å². The summed E-state index contributed by atoms with van der Waals surface area (Å²) in [6, 6.07) is 0. The van der Waals surface area contributed by atoms with Gasteiger partial charge < -0.3 is 9.79 Å². The third-order valence-corrected chi connectivity index (χ3v) is 10.7. The molecule has 0 saturated carbocycles. The molecule has 158 valence electrons. The third kappa shape index (κ3) is 8.15. The van der Waals surface area contributed by atoms with Crippen LogP contribution < -0.4 is 0 Å². The SMILES string of the molecule is O=P(O)(O)OC(CC(CCl)(CCl)CCl)(CC(CCl)(CCl)CCl)C(Br)CBr. The lowest BCUT2D eigenvalue weighted by Crippen LogP contribution is -2.52. The molecule has 0 bridgehead atoms. The molecule has 2 N–H and O–H groups in total. The standard InChI is InChI=1S/C13H21Br2Cl6O4P/c14-1-10(15)13(25-26(22,23)24,2-11(4-16,5-17)6-18)3-12(7-19,8-20)9-21/h10H,1-9H2,(H2,22,23,24). The molecule has 1 unspecified atom stereocenters. The van der Waals surface area contributed by atoms with Gasteiger partial charge >= 0.3 is 7.82 Å². The maximum Gasteiger partial charge on any atom is 0.470 e. The average Bonchev–Trinajstić information content (AvgIpc) is 2.62. The van der Waals surface area contributed by atoms with E-state index in [1.165, 1.54) is 0 Å². The zero-order valence-corrected chi connectivity index (χ0v) is 22.2. The lowest BCUT2D eigenvalue weighted by molar-refractivity contribution is -0.0208. The van der Waals surface area contributed by atoms with Crippen molar-refractivity contribution in [3.63, 3.8) is 0 Å². The minimum Gasteiger partial charge on any atom is -0.303 e. The first-order valence-corrected chi connectivity index (χ1v) is 14.1. The number of phosphoric ester groups is 1. The quantitative estimate of drug-likeness (QED) is 0.175. The van der Waals surface area contributed by atoms with Crippen molar-refractivity contribution in [3.05, 3.63) is 0 Å². The van der Waals surface area contributed by atoms with Gasteiger partial charge in [0, 0.05) is 51.4 Å². The predicted molar refractivity (Wildman–Crippen MR) is 121 cm³/mol. The smallest absolute Gasteiger partial charge is 0.303 e. The Kier molecular flexibility index (Phi) is 14.0. The van der Waals surface area contributed by atoms with Crippen LogP contribution in [0, 0.1) is 10.8 Å². The van der Waals surface area contributed by atoms with Crippen molar-refractivity contribution in [2.24, 2.45) is 10.8 Å². The molecule has 0 rings (SSSR count). The van der Waals surface area contributed by atoms with Crippen molar-refractivity contribution in [1.82, 2.24) is 0 Å². The minimum atomic E-state index is -4.90. The normalized spacial score (nSPS) is 15.3. The Bertz CT molecular complexity index is 423. The first-order valence-electron chi connectivity index (χ1n) is 7.29. The molecule has 1 atom stereocenters. The molecule has 0 aromatic carbocycles. The summed E-state index contributed by atoms with van der Waals surface area (Å²) < 4.78 is 17.1. The highest BCUT2D eigenvalue weighted by atomic mass is 79.9. The summed E-state index contributed by atoms with van der Waals surface area (Å²) in [6.07, 6.45) is 0.130. The van der Waals surface area contributed by atoms with E-state index >= 15 is 0 Å². The van der Waals surface area contributed by atoms with Gasteiger partial charge in [-0.25, -0.2) is 4.57 Å². The van der Waals surface area contributed by atoms with E-state index in [1.807, 2.05) is 0 Å². The van der Waals surface area contributed by atoms with Gasteiger partial charge in [-0.1, -0.05) is 31.9 Å². The van der Waals surface area contributed by atoms with E-state index in [0.717, 1.165) is 0 Å². The predicted octanol–water partition coefficient (Wildman–Crippen LogP) is 6.18. The number of hydrogen-bond donors (Lipinski definition) is 2. The summed E-state index contributed by atoms with van der Waals surface area (Å²) in [7, 11) is -4.90. The Balaban J connectivity index is 6.35. The number of halogens is 8. The van der Waals surface area contributed by atoms with Gasteiger partial charge in [0.05, 0.1) is 10.4 Å². The van der Waals surface area contributed by atoms with Crippen LogP contribution in [0.2, 0.25) is 0 Å². The van der Waals surface area contributed by atoms with E-state index in [0.29, 0.717) is 5.33 Å². The van der Waals surface area contributed by atoms with Crippen LogP contribution in [-0.2, 0) is 9.09 Å². The molecule has 0 aromatic rings. The maximum atomic E-state index is 11.8. The van der Waals surface area contributed by atoms with Crippen LogP contribution in [0.3, 0.4) is 0 Å². The highest BCUT2D eigenvalue weighted by Gasteiger charge is 2.52. The topological polar surface area (TPSA) is 66.8 Å². The lowest BCUT2D eigenvalue weighted by atomic mass is 9.72. The van der Waals surface area contributed by atoms with Gasteiger partial charge in [-0.15, -0.1) is 69.6 Å². The summed E-state index contributed by atoms with van der Waals surface area (Å²) in [4.78, 5) is 18.6. The van der Waals surface area contributed by atoms with Crippen LogP contribution in [0.4, 0.5) is 0 Å². The molecule has 0 amide bonds. The molecule has 0 aliphatic heterocycles. The van der Waals surface area contributed by atoms with Gasteiger partial charge in [0.1, 0.15) is 0 Å². The molecule has 0 spiro atoms. The fraction of sp³-hybridized carbons (Fsp3) is 1.00. The molecule has 0 aliphatic rings. The second kappa shape index (κ2) is 12.6. The lowest BCUT2D eigenvalue weighted by Gasteiger charge is -2.47. The van der Waals surface area contributed by atoms with Crippen LogP contribution in [0.25, 0.3) is 0 Å². The molecule has 0 fully saturated rings. The van der Waals surface area contributed by atoms with Crippen molar-refractivity contribution >= 4 is 109 Å². The molecule has 13 heteroatoms. The second-order valence-electron chi connectivity index (χ2n) is 6.42. The van der Waals surface area contributed by atoms with E-state index < -0.39 is 29.1 Å². The van der Waals surface area contributed by atoms with E-state index in [1.54, 1.807) is 0 Å². The molecular weight excluding hydrogens is 624 g/mol. The van der Waals surface area contributed by atoms with Crippen molar-refractivity contribution in [3.8, 4) is 0 Å². The Labute approximate surface area is 201 Å². The van der Waals surface area contributed by atoms with Gasteiger partial charge in [0.15, 0.2) is 0 Å². The van der Waals surface area contributed by atoms with Crippen molar-refractivity contribution < 1.29 is 18.9 Å². The van der Waals surface area contributed by atoms with Gasteiger partial charge in [-0.05, 0) is 12.8 Å². The molecule has 26 heavy (non-hydrogen) atoms. The number of phosphoric acid groups is 1. The monoisotopic (exact) mass is 640 g/mol. The number of alkyl halides is 8. The molecule has 0 heterocycles. The highest BCUT2D eigenvalue weighted by Crippen LogP contribution is 2.53. The Morgan fingerprint density at radius 3 is 1.35 bits per heavy atom. The van der Waals surface area contributed by atoms with Gasteiger partial charge in [-0.3, -0.25) is 4.52 Å². The van der Waals surface area contributed by atoms with Crippen molar-refractivity contribution in [1.29, 1.82) is 0 Å². The average molecular weight is 645 g/mol. The molecule has 0 saturated heterocycles. The first-order chi connectivity index (χ1) is 12.0. The maximum absolute atomic E-state index is 11.8. The summed E-state index contributed by atoms with van der Waals surface area (Å²) in [6.45, 7) is 0. The summed E-state index contributed by atoms with van der Waals surface area (Å²) in [5.41, 5.74) is -3.09. The first kappa shape index (κ1) is 28.8. The highest BCUT2D eigenvalue weighted by molar-refractivity contribution is 9.12. The number of hydrogen-bond acceptors (Lipinski definition) is 2. The summed E-state index contributed by atoms with van der Waals surface area (Å²) in [5, 5.41) is 0.318.